The number of anilines is 1. The largest absolute Gasteiger partial charge is 0.379 e. The third kappa shape index (κ3) is 3.03. The Bertz CT molecular complexity index is 488. The Labute approximate surface area is 109 Å². The van der Waals surface area contributed by atoms with Gasteiger partial charge in [-0.25, -0.2) is 0 Å². The number of benzene rings is 1. The molecular formula is C13H14BrN3. The normalized spacial score (nSPS) is 10.3. The van der Waals surface area contributed by atoms with Gasteiger partial charge in [-0.3, -0.25) is 9.97 Å². The molecule has 0 aliphatic rings. The standard InChI is InChI=1S/C13H14BrN3/c1-9-5-11(6-10(2)13(9)14)17-8-12-7-15-3-4-16-12/h3-7,17H,8H2,1-2H3. The van der Waals surface area contributed by atoms with E-state index in [4.69, 9.17) is 0 Å². The molecule has 0 bridgehead atoms. The van der Waals surface area contributed by atoms with Crippen LogP contribution in [0.15, 0.2) is 35.2 Å². The van der Waals surface area contributed by atoms with E-state index in [1.54, 1.807) is 18.6 Å². The van der Waals surface area contributed by atoms with Gasteiger partial charge in [0.25, 0.3) is 0 Å². The highest BCUT2D eigenvalue weighted by molar-refractivity contribution is 9.10. The van der Waals surface area contributed by atoms with Gasteiger partial charge < -0.3 is 5.32 Å². The van der Waals surface area contributed by atoms with Gasteiger partial charge in [-0.1, -0.05) is 15.9 Å². The van der Waals surface area contributed by atoms with E-state index in [-0.39, 0.29) is 0 Å². The second kappa shape index (κ2) is 5.27. The van der Waals surface area contributed by atoms with E-state index >= 15 is 0 Å². The van der Waals surface area contributed by atoms with Gasteiger partial charge in [0.2, 0.25) is 0 Å². The van der Waals surface area contributed by atoms with E-state index < -0.39 is 0 Å². The Balaban J connectivity index is 2.10. The smallest absolute Gasteiger partial charge is 0.0777 e. The van der Waals surface area contributed by atoms with Crippen molar-refractivity contribution in [3.05, 3.63) is 52.0 Å². The van der Waals surface area contributed by atoms with Crippen molar-refractivity contribution in [2.75, 3.05) is 5.32 Å². The first kappa shape index (κ1) is 12.0. The second-order valence-electron chi connectivity index (χ2n) is 3.97. The first-order valence-electron chi connectivity index (χ1n) is 5.42. The molecule has 0 fully saturated rings. The molecule has 0 atom stereocenters. The summed E-state index contributed by atoms with van der Waals surface area (Å²) in [6.45, 7) is 4.86. The van der Waals surface area contributed by atoms with E-state index in [9.17, 15) is 0 Å². The quantitative estimate of drug-likeness (QED) is 0.941. The van der Waals surface area contributed by atoms with E-state index in [0.717, 1.165) is 11.4 Å². The van der Waals surface area contributed by atoms with Crippen LogP contribution in [0.5, 0.6) is 0 Å². The predicted octanol–water partition coefficient (Wildman–Crippen LogP) is 3.47. The minimum Gasteiger partial charge on any atom is -0.379 e. The Morgan fingerprint density at radius 1 is 1.18 bits per heavy atom. The third-order valence-corrected chi connectivity index (χ3v) is 3.78. The summed E-state index contributed by atoms with van der Waals surface area (Å²) in [7, 11) is 0. The fourth-order valence-electron chi connectivity index (χ4n) is 1.66. The van der Waals surface area contributed by atoms with E-state index in [0.29, 0.717) is 6.54 Å². The van der Waals surface area contributed by atoms with Gasteiger partial charge in [-0.15, -0.1) is 0 Å². The summed E-state index contributed by atoms with van der Waals surface area (Å²) in [4.78, 5) is 8.26. The summed E-state index contributed by atoms with van der Waals surface area (Å²) >= 11 is 3.56. The average Bonchev–Trinajstić information content (AvgIpc) is 2.34. The van der Waals surface area contributed by atoms with Gasteiger partial charge in [-0.2, -0.15) is 0 Å². The molecule has 1 aromatic heterocycles. The topological polar surface area (TPSA) is 37.8 Å². The second-order valence-corrected chi connectivity index (χ2v) is 4.77. The number of nitrogens with one attached hydrogen (secondary N) is 1. The van der Waals surface area contributed by atoms with Crippen molar-refractivity contribution in [2.45, 2.75) is 20.4 Å². The number of aromatic nitrogens is 2. The van der Waals surface area contributed by atoms with Gasteiger partial charge in [0.15, 0.2) is 0 Å². The molecule has 1 aromatic carbocycles. The molecule has 0 saturated heterocycles. The van der Waals surface area contributed by atoms with Crippen LogP contribution >= 0.6 is 15.9 Å². The number of nitrogens with zero attached hydrogens (tertiary/aromatic N) is 2. The predicted molar refractivity (Wildman–Crippen MR) is 73.0 cm³/mol. The Morgan fingerprint density at radius 3 is 2.47 bits per heavy atom. The van der Waals surface area contributed by atoms with E-state index in [1.807, 2.05) is 0 Å². The molecule has 0 saturated carbocycles. The first-order valence-corrected chi connectivity index (χ1v) is 6.21. The monoisotopic (exact) mass is 291 g/mol. The maximum absolute atomic E-state index is 4.22. The van der Waals surface area contributed by atoms with Crippen molar-refractivity contribution in [1.82, 2.24) is 9.97 Å². The van der Waals surface area contributed by atoms with E-state index in [2.05, 4.69) is 57.2 Å². The van der Waals surface area contributed by atoms with Crippen molar-refractivity contribution in [1.29, 1.82) is 0 Å². The number of hydrogen-bond acceptors (Lipinski definition) is 3. The molecule has 0 amide bonds. The van der Waals surface area contributed by atoms with Crippen molar-refractivity contribution >= 4 is 21.6 Å². The van der Waals surface area contributed by atoms with Crippen LogP contribution < -0.4 is 5.32 Å². The first-order chi connectivity index (χ1) is 8.16. The lowest BCUT2D eigenvalue weighted by atomic mass is 10.1. The lowest BCUT2D eigenvalue weighted by molar-refractivity contribution is 1.01. The van der Waals surface area contributed by atoms with Crippen molar-refractivity contribution < 1.29 is 0 Å². The molecule has 2 aromatic rings. The van der Waals surface area contributed by atoms with Gasteiger partial charge in [0.1, 0.15) is 0 Å². The molecule has 0 aliphatic carbocycles. The maximum Gasteiger partial charge on any atom is 0.0777 e. The molecule has 0 aliphatic heterocycles. The number of hydrogen-bond donors (Lipinski definition) is 1. The van der Waals surface area contributed by atoms with Crippen LogP contribution in [0.25, 0.3) is 0 Å². The average molecular weight is 292 g/mol. The molecule has 2 rings (SSSR count). The maximum atomic E-state index is 4.22. The molecule has 3 nitrogen and oxygen atoms in total. The van der Waals surface area contributed by atoms with Crippen LogP contribution in [0.4, 0.5) is 5.69 Å². The summed E-state index contributed by atoms with van der Waals surface area (Å²) < 4.78 is 1.17. The summed E-state index contributed by atoms with van der Waals surface area (Å²) in [6, 6.07) is 4.24. The molecule has 1 N–H and O–H groups in total. The van der Waals surface area contributed by atoms with Crippen molar-refractivity contribution in [2.24, 2.45) is 0 Å². The zero-order chi connectivity index (χ0) is 12.3. The summed E-state index contributed by atoms with van der Waals surface area (Å²) in [5.41, 5.74) is 4.50. The fraction of sp³-hybridized carbons (Fsp3) is 0.231. The number of aryl methyl sites for hydroxylation is 2. The highest BCUT2D eigenvalue weighted by atomic mass is 79.9. The highest BCUT2D eigenvalue weighted by Crippen LogP contribution is 2.25. The molecule has 1 heterocycles. The summed E-state index contributed by atoms with van der Waals surface area (Å²) in [5, 5.41) is 3.35. The highest BCUT2D eigenvalue weighted by Gasteiger charge is 2.02. The van der Waals surface area contributed by atoms with Crippen LogP contribution in [0, 0.1) is 13.8 Å². The minimum absolute atomic E-state index is 0.689. The van der Waals surface area contributed by atoms with Crippen LogP contribution in [0.1, 0.15) is 16.8 Å². The molecule has 88 valence electrons. The molecule has 0 unspecified atom stereocenters. The minimum atomic E-state index is 0.689. The zero-order valence-corrected chi connectivity index (χ0v) is 11.5. The summed E-state index contributed by atoms with van der Waals surface area (Å²) in [5.74, 6) is 0. The lowest BCUT2D eigenvalue weighted by Crippen LogP contribution is -2.02. The Kier molecular flexibility index (Phi) is 3.74. The summed E-state index contributed by atoms with van der Waals surface area (Å²) in [6.07, 6.45) is 5.15. The molecule has 4 heteroatoms. The molecular weight excluding hydrogens is 278 g/mol. The Hall–Kier alpha value is -1.42. The number of halogens is 1. The van der Waals surface area contributed by atoms with Crippen molar-refractivity contribution in [3.8, 4) is 0 Å². The van der Waals surface area contributed by atoms with Crippen molar-refractivity contribution in [3.63, 3.8) is 0 Å². The van der Waals surface area contributed by atoms with Gasteiger partial charge >= 0.3 is 0 Å². The van der Waals surface area contributed by atoms with Gasteiger partial charge in [0, 0.05) is 22.6 Å². The number of rotatable bonds is 3. The van der Waals surface area contributed by atoms with Crippen LogP contribution in [-0.2, 0) is 6.54 Å². The molecule has 17 heavy (non-hydrogen) atoms. The van der Waals surface area contributed by atoms with Crippen LogP contribution in [0.2, 0.25) is 0 Å². The Morgan fingerprint density at radius 2 is 1.88 bits per heavy atom. The van der Waals surface area contributed by atoms with Gasteiger partial charge in [0.05, 0.1) is 18.4 Å². The molecule has 0 spiro atoms. The van der Waals surface area contributed by atoms with Crippen LogP contribution in [-0.4, -0.2) is 9.97 Å². The lowest BCUT2D eigenvalue weighted by Gasteiger charge is -2.10. The fourth-order valence-corrected chi connectivity index (χ4v) is 1.89. The molecule has 0 radical (unpaired) electrons. The third-order valence-electron chi connectivity index (χ3n) is 2.53. The van der Waals surface area contributed by atoms with Gasteiger partial charge in [-0.05, 0) is 37.1 Å². The zero-order valence-electron chi connectivity index (χ0n) is 9.87. The van der Waals surface area contributed by atoms with Crippen LogP contribution in [0.3, 0.4) is 0 Å². The van der Waals surface area contributed by atoms with E-state index in [1.165, 1.54) is 15.6 Å². The SMILES string of the molecule is Cc1cc(NCc2cnccn2)cc(C)c1Br.